The lowest BCUT2D eigenvalue weighted by molar-refractivity contribution is -0.163. The molecule has 5 nitrogen and oxygen atoms in total. The molecular formula is C26H52O5Si2. The predicted molar refractivity (Wildman–Crippen MR) is 142 cm³/mol. The molecule has 0 N–H and O–H groups in total. The number of rotatable bonds is 12. The van der Waals surface area contributed by atoms with Gasteiger partial charge in [-0.15, -0.1) is 0 Å². The third-order valence-electron chi connectivity index (χ3n) is 7.77. The molecule has 0 aromatic rings. The highest BCUT2D eigenvalue weighted by molar-refractivity contribution is 6.78. The van der Waals surface area contributed by atoms with Crippen LogP contribution in [0.2, 0.25) is 33.2 Å². The molecule has 0 aliphatic carbocycles. The van der Waals surface area contributed by atoms with Gasteiger partial charge < -0.3 is 18.3 Å². The molecule has 1 rings (SSSR count). The van der Waals surface area contributed by atoms with Crippen LogP contribution in [0, 0.1) is 0 Å². The second-order valence-corrected chi connectivity index (χ2v) is 22.5. The molecule has 0 bridgehead atoms. The van der Waals surface area contributed by atoms with Gasteiger partial charge in [0.2, 0.25) is 16.6 Å². The van der Waals surface area contributed by atoms with Crippen LogP contribution in [0.15, 0.2) is 12.3 Å². The normalized spacial score (nSPS) is 22.2. The minimum atomic E-state index is -2.18. The van der Waals surface area contributed by atoms with Gasteiger partial charge in [-0.3, -0.25) is 4.79 Å². The summed E-state index contributed by atoms with van der Waals surface area (Å²) in [5, 5.41) is 0. The summed E-state index contributed by atoms with van der Waals surface area (Å²) in [4.78, 5) is 12.1. The van der Waals surface area contributed by atoms with Crippen molar-refractivity contribution in [1.82, 2.24) is 0 Å². The van der Waals surface area contributed by atoms with Crippen molar-refractivity contribution in [3.8, 4) is 0 Å². The number of hydrogen-bond donors (Lipinski definition) is 0. The summed E-state index contributed by atoms with van der Waals surface area (Å²) in [6, 6.07) is 0. The van der Waals surface area contributed by atoms with E-state index in [4.69, 9.17) is 18.3 Å². The maximum absolute atomic E-state index is 12.1. The van der Waals surface area contributed by atoms with Crippen LogP contribution in [0.1, 0.15) is 90.0 Å². The average Bonchev–Trinajstić information content (AvgIpc) is 2.66. The number of esters is 1. The first-order chi connectivity index (χ1) is 15.1. The van der Waals surface area contributed by atoms with Crippen LogP contribution in [-0.4, -0.2) is 47.5 Å². The summed E-state index contributed by atoms with van der Waals surface area (Å²) >= 11 is 0. The lowest BCUT2D eigenvalue weighted by Gasteiger charge is -2.47. The topological polar surface area (TPSA) is 54.0 Å². The van der Waals surface area contributed by atoms with Gasteiger partial charge in [-0.25, -0.2) is 0 Å². The quantitative estimate of drug-likeness (QED) is 0.204. The van der Waals surface area contributed by atoms with Crippen LogP contribution in [0.25, 0.3) is 0 Å². The Bertz CT molecular complexity index is 599. The fourth-order valence-corrected chi connectivity index (χ4v) is 17.5. The van der Waals surface area contributed by atoms with E-state index in [0.29, 0.717) is 39.9 Å². The fourth-order valence-electron chi connectivity index (χ4n) is 6.57. The van der Waals surface area contributed by atoms with Crippen molar-refractivity contribution in [1.29, 1.82) is 0 Å². The number of hydrogen-bond acceptors (Lipinski definition) is 5. The molecule has 0 amide bonds. The van der Waals surface area contributed by atoms with Gasteiger partial charge in [-0.2, -0.15) is 0 Å². The summed E-state index contributed by atoms with van der Waals surface area (Å²) in [5.41, 5.74) is 2.72. The highest BCUT2D eigenvalue weighted by Crippen LogP contribution is 2.45. The van der Waals surface area contributed by atoms with Crippen molar-refractivity contribution in [3.63, 3.8) is 0 Å². The highest BCUT2D eigenvalue weighted by Gasteiger charge is 2.51. The van der Waals surface area contributed by atoms with E-state index in [1.807, 2.05) is 6.08 Å². The van der Waals surface area contributed by atoms with E-state index in [9.17, 15) is 4.79 Å². The van der Waals surface area contributed by atoms with E-state index in [2.05, 4.69) is 83.1 Å². The van der Waals surface area contributed by atoms with Crippen LogP contribution in [0.5, 0.6) is 0 Å². The molecule has 33 heavy (non-hydrogen) atoms. The van der Waals surface area contributed by atoms with Crippen LogP contribution < -0.4 is 0 Å². The van der Waals surface area contributed by atoms with Gasteiger partial charge in [-0.1, -0.05) is 83.1 Å². The van der Waals surface area contributed by atoms with Crippen molar-refractivity contribution in [2.75, 3.05) is 6.61 Å². The summed E-state index contributed by atoms with van der Waals surface area (Å²) in [7, 11) is -4.26. The average molecular weight is 501 g/mol. The molecule has 0 saturated carbocycles. The Morgan fingerprint density at radius 2 is 1.21 bits per heavy atom. The van der Waals surface area contributed by atoms with Crippen LogP contribution in [0.4, 0.5) is 0 Å². The lowest BCUT2D eigenvalue weighted by atomic mass is 10.1. The molecule has 7 heteroatoms. The predicted octanol–water partition coefficient (Wildman–Crippen LogP) is 7.58. The fraction of sp³-hybridized carbons (Fsp3) is 0.885. The zero-order valence-electron chi connectivity index (χ0n) is 23.6. The second-order valence-electron chi connectivity index (χ2n) is 11.6. The summed E-state index contributed by atoms with van der Waals surface area (Å²) in [5.74, 6) is -0.316. The first kappa shape index (κ1) is 30.4. The Labute approximate surface area is 206 Å². The molecule has 0 fully saturated rings. The van der Waals surface area contributed by atoms with Gasteiger partial charge >= 0.3 is 5.97 Å². The molecule has 0 radical (unpaired) electrons. The van der Waals surface area contributed by atoms with E-state index in [0.717, 1.165) is 0 Å². The van der Waals surface area contributed by atoms with Gasteiger partial charge in [0.1, 0.15) is 6.10 Å². The zero-order chi connectivity index (χ0) is 25.7. The van der Waals surface area contributed by atoms with Crippen LogP contribution in [-0.2, 0) is 23.1 Å². The highest BCUT2D eigenvalue weighted by atomic mass is 28.4. The van der Waals surface area contributed by atoms with Crippen LogP contribution >= 0.6 is 0 Å². The molecule has 1 aliphatic heterocycles. The van der Waals surface area contributed by atoms with E-state index >= 15 is 0 Å². The Morgan fingerprint density at radius 3 is 1.58 bits per heavy atom. The molecule has 194 valence electrons. The molecule has 1 heterocycles. The van der Waals surface area contributed by atoms with E-state index in [-0.39, 0.29) is 18.2 Å². The Morgan fingerprint density at radius 1 is 0.788 bits per heavy atom. The molecule has 0 unspecified atom stereocenters. The van der Waals surface area contributed by atoms with Crippen LogP contribution in [0.3, 0.4) is 0 Å². The van der Waals surface area contributed by atoms with E-state index in [1.165, 1.54) is 6.92 Å². The summed E-state index contributed by atoms with van der Waals surface area (Å²) in [6.07, 6.45) is 2.42. The summed E-state index contributed by atoms with van der Waals surface area (Å²) in [6.45, 7) is 29.1. The maximum Gasteiger partial charge on any atom is 0.303 e. The van der Waals surface area contributed by atoms with Crippen molar-refractivity contribution in [3.05, 3.63) is 12.3 Å². The maximum atomic E-state index is 12.1. The van der Waals surface area contributed by atoms with Crippen molar-refractivity contribution >= 4 is 22.6 Å². The zero-order valence-corrected chi connectivity index (χ0v) is 25.6. The lowest BCUT2D eigenvalue weighted by Crippen LogP contribution is -2.57. The molecule has 1 aliphatic rings. The molecule has 0 aromatic heterocycles. The van der Waals surface area contributed by atoms with Crippen molar-refractivity contribution < 1.29 is 23.1 Å². The van der Waals surface area contributed by atoms with E-state index in [1.54, 1.807) is 6.26 Å². The van der Waals surface area contributed by atoms with E-state index < -0.39 is 22.7 Å². The van der Waals surface area contributed by atoms with Gasteiger partial charge in [0, 0.05) is 6.92 Å². The molecule has 0 saturated heterocycles. The molecule has 0 aromatic carbocycles. The molecule has 0 spiro atoms. The second kappa shape index (κ2) is 12.4. The largest absolute Gasteiger partial charge is 0.492 e. The number of carbonyl (C=O) groups is 1. The van der Waals surface area contributed by atoms with Gasteiger partial charge in [-0.05, 0) is 39.3 Å². The Balaban J connectivity index is 3.29. The van der Waals surface area contributed by atoms with Gasteiger partial charge in [0.25, 0.3) is 0 Å². The molecule has 3 atom stereocenters. The van der Waals surface area contributed by atoms with Crippen molar-refractivity contribution in [2.24, 2.45) is 0 Å². The summed E-state index contributed by atoms with van der Waals surface area (Å²) < 4.78 is 25.8. The smallest absolute Gasteiger partial charge is 0.303 e. The first-order valence-corrected chi connectivity index (χ1v) is 17.2. The first-order valence-electron chi connectivity index (χ1n) is 12.9. The third kappa shape index (κ3) is 6.53. The minimum Gasteiger partial charge on any atom is -0.492 e. The van der Waals surface area contributed by atoms with Gasteiger partial charge in [0.05, 0.1) is 12.9 Å². The minimum absolute atomic E-state index is 0.316. The van der Waals surface area contributed by atoms with Crippen molar-refractivity contribution in [2.45, 2.75) is 142 Å². The SMILES string of the molecule is CC(=O)O[C@@H]1[C@H](O[Si](C(C)C)(C(C)C)C(C)C)C=CO[C@@H]1CO[Si](C(C)C)(C(C)C)C(C)C. The standard InChI is InChI=1S/C26H52O5Si2/c1-17(2)32(18(3)4,19(5)6)29-16-25-26(30-23(13)27)24(14-15-28-25)31-33(20(7)8,21(9)10)22(11)12/h14-15,17-22,24-26H,16H2,1-13H3/t24-,25-,26-/m1/s1. The van der Waals surface area contributed by atoms with Gasteiger partial charge in [0.15, 0.2) is 12.2 Å². The Hall–Kier alpha value is -0.636. The Kier molecular flexibility index (Phi) is 11.4. The monoisotopic (exact) mass is 500 g/mol. The number of carbonyl (C=O) groups excluding carboxylic acids is 1. The molecular weight excluding hydrogens is 448 g/mol. The number of ether oxygens (including phenoxy) is 2. The third-order valence-corrected chi connectivity index (χ3v) is 19.9.